The minimum atomic E-state index is -3.76. The maximum absolute atomic E-state index is 11.9. The van der Waals surface area contributed by atoms with Gasteiger partial charge in [0.25, 0.3) is 0 Å². The summed E-state index contributed by atoms with van der Waals surface area (Å²) in [5.74, 6) is 4.45. The zero-order valence-electron chi connectivity index (χ0n) is 10.8. The average molecular weight is 298 g/mol. The first-order valence-corrected chi connectivity index (χ1v) is 7.09. The van der Waals surface area contributed by atoms with Gasteiger partial charge in [-0.1, -0.05) is 11.8 Å². The lowest BCUT2D eigenvalue weighted by molar-refractivity contribution is -0.140. The van der Waals surface area contributed by atoms with Crippen molar-refractivity contribution in [2.24, 2.45) is 0 Å². The minimum absolute atomic E-state index is 0.0623. The second-order valence-corrected chi connectivity index (χ2v) is 5.36. The van der Waals surface area contributed by atoms with Gasteiger partial charge in [-0.15, -0.1) is 0 Å². The van der Waals surface area contributed by atoms with E-state index in [4.69, 9.17) is 5.11 Å². The number of rotatable bonds is 5. The van der Waals surface area contributed by atoms with Gasteiger partial charge in [-0.3, -0.25) is 9.78 Å². The predicted molar refractivity (Wildman–Crippen MR) is 70.0 cm³/mol. The van der Waals surface area contributed by atoms with Crippen LogP contribution in [0.15, 0.2) is 23.4 Å². The first-order chi connectivity index (χ1) is 9.49. The maximum atomic E-state index is 11.9. The van der Waals surface area contributed by atoms with Gasteiger partial charge >= 0.3 is 5.97 Å². The lowest BCUT2D eigenvalue weighted by Crippen LogP contribution is -2.26. The maximum Gasteiger partial charge on any atom is 0.306 e. The Bertz CT molecular complexity index is 631. The molecule has 108 valence electrons. The fraction of sp³-hybridized carbons (Fsp3) is 0.333. The van der Waals surface area contributed by atoms with Gasteiger partial charge in [0.15, 0.2) is 0 Å². The molecule has 0 unspecified atom stereocenters. The summed E-state index contributed by atoms with van der Waals surface area (Å²) in [6.07, 6.45) is 2.49. The van der Waals surface area contributed by atoms with Crippen LogP contribution in [0.5, 0.6) is 0 Å². The van der Waals surface area contributed by atoms with E-state index < -0.39 is 16.0 Å². The van der Waals surface area contributed by atoms with Crippen LogP contribution in [0.1, 0.15) is 12.0 Å². The molecule has 0 aliphatic carbocycles. The van der Waals surface area contributed by atoms with E-state index in [9.17, 15) is 13.2 Å². The number of methoxy groups -OCH3 is 1. The molecule has 1 aromatic heterocycles. The SMILES string of the molecule is COC(=O)CCNS(=O)(=O)c1cncc(C#CCO)c1. The van der Waals surface area contributed by atoms with Crippen LogP contribution in [0, 0.1) is 11.8 Å². The molecule has 0 saturated carbocycles. The van der Waals surface area contributed by atoms with E-state index in [2.05, 4.69) is 26.3 Å². The van der Waals surface area contributed by atoms with Gasteiger partial charge in [-0.2, -0.15) is 0 Å². The number of hydrogen-bond donors (Lipinski definition) is 2. The van der Waals surface area contributed by atoms with Crippen LogP contribution in [0.3, 0.4) is 0 Å². The number of esters is 1. The van der Waals surface area contributed by atoms with Crippen LogP contribution in [0.25, 0.3) is 0 Å². The van der Waals surface area contributed by atoms with E-state index >= 15 is 0 Å². The molecule has 1 heterocycles. The van der Waals surface area contributed by atoms with Crippen LogP contribution in [-0.4, -0.2) is 44.7 Å². The zero-order valence-corrected chi connectivity index (χ0v) is 11.6. The Hall–Kier alpha value is -1.95. The molecule has 0 bridgehead atoms. The first kappa shape index (κ1) is 16.1. The van der Waals surface area contributed by atoms with Crippen molar-refractivity contribution in [3.63, 3.8) is 0 Å². The van der Waals surface area contributed by atoms with E-state index in [-0.39, 0.29) is 24.5 Å². The molecule has 0 aliphatic heterocycles. The minimum Gasteiger partial charge on any atom is -0.469 e. The van der Waals surface area contributed by atoms with Gasteiger partial charge in [0.2, 0.25) is 10.0 Å². The van der Waals surface area contributed by atoms with Crippen molar-refractivity contribution in [2.45, 2.75) is 11.3 Å². The molecule has 0 saturated heterocycles. The number of aliphatic hydroxyl groups excluding tert-OH is 1. The smallest absolute Gasteiger partial charge is 0.306 e. The Morgan fingerprint density at radius 2 is 2.25 bits per heavy atom. The summed E-state index contributed by atoms with van der Waals surface area (Å²) in [4.78, 5) is 14.6. The molecular weight excluding hydrogens is 284 g/mol. The number of carbonyl (C=O) groups is 1. The van der Waals surface area contributed by atoms with Gasteiger partial charge in [0.05, 0.1) is 13.5 Å². The summed E-state index contributed by atoms with van der Waals surface area (Å²) in [7, 11) is -2.54. The van der Waals surface area contributed by atoms with Crippen LogP contribution >= 0.6 is 0 Å². The molecule has 1 aromatic rings. The average Bonchev–Trinajstić information content (AvgIpc) is 2.45. The number of carbonyl (C=O) groups excluding carboxylic acids is 1. The molecule has 1 rings (SSSR count). The van der Waals surface area contributed by atoms with Gasteiger partial charge in [-0.25, -0.2) is 13.1 Å². The third kappa shape index (κ3) is 4.97. The van der Waals surface area contributed by atoms with Crippen molar-refractivity contribution >= 4 is 16.0 Å². The van der Waals surface area contributed by atoms with Gasteiger partial charge in [-0.05, 0) is 6.07 Å². The van der Waals surface area contributed by atoms with E-state index in [1.807, 2.05) is 0 Å². The highest BCUT2D eigenvalue weighted by molar-refractivity contribution is 7.89. The van der Waals surface area contributed by atoms with Crippen molar-refractivity contribution in [2.75, 3.05) is 20.3 Å². The summed E-state index contributed by atoms with van der Waals surface area (Å²) in [6.45, 7) is -0.393. The molecule has 0 aromatic carbocycles. The lowest BCUT2D eigenvalue weighted by atomic mass is 10.3. The Balaban J connectivity index is 2.79. The van der Waals surface area contributed by atoms with Crippen LogP contribution in [0.2, 0.25) is 0 Å². The molecule has 2 N–H and O–H groups in total. The van der Waals surface area contributed by atoms with Crippen molar-refractivity contribution in [3.05, 3.63) is 24.0 Å². The van der Waals surface area contributed by atoms with Gasteiger partial charge < -0.3 is 9.84 Å². The number of aromatic nitrogens is 1. The van der Waals surface area contributed by atoms with Gasteiger partial charge in [0, 0.05) is 24.5 Å². The third-order valence-corrected chi connectivity index (χ3v) is 3.61. The monoisotopic (exact) mass is 298 g/mol. The summed E-state index contributed by atoms with van der Waals surface area (Å²) >= 11 is 0. The number of ether oxygens (including phenoxy) is 1. The topological polar surface area (TPSA) is 106 Å². The molecule has 0 atom stereocenters. The van der Waals surface area contributed by atoms with Gasteiger partial charge in [0.1, 0.15) is 11.5 Å². The van der Waals surface area contributed by atoms with Crippen molar-refractivity contribution in [3.8, 4) is 11.8 Å². The third-order valence-electron chi connectivity index (χ3n) is 2.18. The van der Waals surface area contributed by atoms with Crippen molar-refractivity contribution in [1.29, 1.82) is 0 Å². The number of hydrogen-bond acceptors (Lipinski definition) is 6. The molecule has 0 spiro atoms. The highest BCUT2D eigenvalue weighted by atomic mass is 32.2. The largest absolute Gasteiger partial charge is 0.469 e. The van der Waals surface area contributed by atoms with E-state index in [0.29, 0.717) is 5.56 Å². The van der Waals surface area contributed by atoms with Crippen molar-refractivity contribution in [1.82, 2.24) is 9.71 Å². The summed E-state index contributed by atoms with van der Waals surface area (Å²) < 4.78 is 30.5. The fourth-order valence-corrected chi connectivity index (χ4v) is 2.27. The number of sulfonamides is 1. The Labute approximate surface area is 117 Å². The van der Waals surface area contributed by atoms with Crippen LogP contribution in [-0.2, 0) is 19.6 Å². The number of nitrogens with zero attached hydrogens (tertiary/aromatic N) is 1. The first-order valence-electron chi connectivity index (χ1n) is 5.61. The zero-order chi connectivity index (χ0) is 15.0. The Morgan fingerprint density at radius 1 is 1.50 bits per heavy atom. The number of nitrogens with one attached hydrogen (secondary N) is 1. The van der Waals surface area contributed by atoms with Crippen molar-refractivity contribution < 1.29 is 23.1 Å². The molecular formula is C12H14N2O5S. The standard InChI is InChI=1S/C12H14N2O5S/c1-19-12(16)4-5-14-20(17,18)11-7-10(3-2-6-15)8-13-9-11/h7-9,14-15H,4-6H2,1H3. The Kier molecular flexibility index (Phi) is 6.11. The Morgan fingerprint density at radius 3 is 2.90 bits per heavy atom. The molecule has 0 amide bonds. The summed E-state index contributed by atoms with van der Waals surface area (Å²) in [6, 6.07) is 1.33. The lowest BCUT2D eigenvalue weighted by Gasteiger charge is -2.06. The molecule has 7 nitrogen and oxygen atoms in total. The predicted octanol–water partition coefficient (Wildman–Crippen LogP) is -0.733. The normalized spacial score (nSPS) is 10.5. The van der Waals surface area contributed by atoms with E-state index in [1.54, 1.807) is 0 Å². The molecule has 0 radical (unpaired) electrons. The number of aliphatic hydroxyl groups is 1. The number of pyridine rings is 1. The second kappa shape index (κ2) is 7.59. The second-order valence-electron chi connectivity index (χ2n) is 3.59. The fourth-order valence-electron chi connectivity index (χ4n) is 1.25. The van der Waals surface area contributed by atoms with Crippen LogP contribution in [0.4, 0.5) is 0 Å². The molecule has 0 fully saturated rings. The highest BCUT2D eigenvalue weighted by Gasteiger charge is 2.15. The quantitative estimate of drug-likeness (QED) is 0.548. The van der Waals surface area contributed by atoms with Crippen LogP contribution < -0.4 is 4.72 Å². The summed E-state index contributed by atoms with van der Waals surface area (Å²) in [5, 5.41) is 8.58. The van der Waals surface area contributed by atoms with E-state index in [1.165, 1.54) is 25.6 Å². The highest BCUT2D eigenvalue weighted by Crippen LogP contribution is 2.08. The molecule has 20 heavy (non-hydrogen) atoms. The van der Waals surface area contributed by atoms with E-state index in [0.717, 1.165) is 0 Å². The summed E-state index contributed by atoms with van der Waals surface area (Å²) in [5.41, 5.74) is 0.370. The molecule has 0 aliphatic rings. The molecule has 8 heteroatoms.